The first-order valence-electron chi connectivity index (χ1n) is 12.2. The summed E-state index contributed by atoms with van der Waals surface area (Å²) >= 11 is 1.61. The lowest BCUT2D eigenvalue weighted by Crippen LogP contribution is -2.33. The lowest BCUT2D eigenvalue weighted by atomic mass is 10.1. The Bertz CT molecular complexity index is 1380. The highest BCUT2D eigenvalue weighted by molar-refractivity contribution is 7.99. The summed E-state index contributed by atoms with van der Waals surface area (Å²) < 4.78 is 13.4. The lowest BCUT2D eigenvalue weighted by Gasteiger charge is -2.16. The number of carbonyl (C=O) groups is 3. The summed E-state index contributed by atoms with van der Waals surface area (Å²) in [7, 11) is 0. The minimum Gasteiger partial charge on any atom is -0.478 e. The smallest absolute Gasteiger partial charge is 0.339 e. The summed E-state index contributed by atoms with van der Waals surface area (Å²) in [5, 5.41) is 15.7. The van der Waals surface area contributed by atoms with Crippen LogP contribution in [0.15, 0.2) is 76.7 Å². The van der Waals surface area contributed by atoms with Gasteiger partial charge in [0.2, 0.25) is 0 Å². The number of aromatic carboxylic acids is 1. The first-order valence-corrected chi connectivity index (χ1v) is 13.2. The van der Waals surface area contributed by atoms with Crippen molar-refractivity contribution in [2.24, 2.45) is 5.10 Å². The molecule has 196 valence electrons. The number of nitrogens with one attached hydrogen (secondary N) is 2. The van der Waals surface area contributed by atoms with Gasteiger partial charge in [0, 0.05) is 28.4 Å². The molecule has 0 unspecified atom stereocenters. The molecule has 8 nitrogen and oxygen atoms in total. The van der Waals surface area contributed by atoms with Crippen LogP contribution in [0, 0.1) is 5.82 Å². The van der Waals surface area contributed by atoms with Gasteiger partial charge in [-0.05, 0) is 66.9 Å². The minimum absolute atomic E-state index is 0.136. The van der Waals surface area contributed by atoms with E-state index in [1.807, 2.05) is 37.3 Å². The normalized spacial score (nSPS) is 13.5. The monoisotopic (exact) mass is 534 g/mol. The molecular formula is C28H27FN4O4S. The number of thioether (sulfide) groups is 1. The molecule has 0 aromatic heterocycles. The van der Waals surface area contributed by atoms with E-state index >= 15 is 0 Å². The van der Waals surface area contributed by atoms with Gasteiger partial charge in [-0.3, -0.25) is 4.79 Å². The Hall–Kier alpha value is -4.18. The summed E-state index contributed by atoms with van der Waals surface area (Å²) in [4.78, 5) is 39.2. The Kier molecular flexibility index (Phi) is 8.75. The Morgan fingerprint density at radius 3 is 2.58 bits per heavy atom. The quantitative estimate of drug-likeness (QED) is 0.234. The molecule has 0 aliphatic carbocycles. The second-order valence-electron chi connectivity index (χ2n) is 8.63. The van der Waals surface area contributed by atoms with E-state index in [1.165, 1.54) is 18.2 Å². The zero-order valence-electron chi connectivity index (χ0n) is 20.7. The SMILES string of the molecule is CCCCN1C(=O)C(=NNC(=O)Nc2cccc(F)c2)c2cc(SCCc3ccc(C(=O)O)cc3)ccc21. The zero-order chi connectivity index (χ0) is 27.1. The number of nitrogens with zero attached hydrogens (tertiary/aromatic N) is 2. The fraction of sp³-hybridized carbons (Fsp3) is 0.214. The maximum absolute atomic E-state index is 13.4. The van der Waals surface area contributed by atoms with Gasteiger partial charge in [-0.25, -0.2) is 19.4 Å². The van der Waals surface area contributed by atoms with Gasteiger partial charge in [-0.15, -0.1) is 11.8 Å². The van der Waals surface area contributed by atoms with Gasteiger partial charge in [-0.1, -0.05) is 31.5 Å². The molecule has 0 saturated carbocycles. The number of hydrazone groups is 1. The Morgan fingerprint density at radius 2 is 1.87 bits per heavy atom. The number of aryl methyl sites for hydroxylation is 1. The highest BCUT2D eigenvalue weighted by atomic mass is 32.2. The second kappa shape index (κ2) is 12.4. The van der Waals surface area contributed by atoms with Crippen molar-refractivity contribution in [3.8, 4) is 0 Å². The molecule has 3 N–H and O–H groups in total. The summed E-state index contributed by atoms with van der Waals surface area (Å²) in [5.74, 6) is -0.979. The van der Waals surface area contributed by atoms with Gasteiger partial charge in [0.1, 0.15) is 5.82 Å². The molecule has 3 aromatic rings. The van der Waals surface area contributed by atoms with Crippen molar-refractivity contribution < 1.29 is 23.9 Å². The van der Waals surface area contributed by atoms with Crippen LogP contribution in [-0.4, -0.2) is 41.0 Å². The summed E-state index contributed by atoms with van der Waals surface area (Å²) in [5.41, 5.74) is 5.41. The number of carboxylic acid groups (broad SMARTS) is 1. The number of fused-ring (bicyclic) bond motifs is 1. The van der Waals surface area contributed by atoms with Crippen molar-refractivity contribution in [2.45, 2.75) is 31.1 Å². The largest absolute Gasteiger partial charge is 0.478 e. The average molecular weight is 535 g/mol. The number of rotatable bonds is 10. The number of anilines is 2. The molecule has 0 spiro atoms. The van der Waals surface area contributed by atoms with Crippen LogP contribution in [-0.2, 0) is 11.2 Å². The fourth-order valence-electron chi connectivity index (χ4n) is 3.96. The van der Waals surface area contributed by atoms with Gasteiger partial charge in [-0.2, -0.15) is 5.10 Å². The zero-order valence-corrected chi connectivity index (χ0v) is 21.6. The molecule has 0 saturated heterocycles. The van der Waals surface area contributed by atoms with Crippen LogP contribution in [0.5, 0.6) is 0 Å². The Morgan fingerprint density at radius 1 is 1.08 bits per heavy atom. The van der Waals surface area contributed by atoms with Crippen LogP contribution < -0.4 is 15.6 Å². The molecule has 3 amide bonds. The number of carbonyl (C=O) groups excluding carboxylic acids is 2. The van der Waals surface area contributed by atoms with Crippen molar-refractivity contribution in [2.75, 3.05) is 22.5 Å². The topological polar surface area (TPSA) is 111 Å². The van der Waals surface area contributed by atoms with Gasteiger partial charge in [0.05, 0.1) is 11.3 Å². The predicted molar refractivity (Wildman–Crippen MR) is 147 cm³/mol. The number of unbranched alkanes of at least 4 members (excludes halogenated alkanes) is 1. The van der Waals surface area contributed by atoms with Crippen LogP contribution in [0.4, 0.5) is 20.6 Å². The van der Waals surface area contributed by atoms with E-state index in [1.54, 1.807) is 34.9 Å². The number of hydrogen-bond acceptors (Lipinski definition) is 5. The molecule has 1 heterocycles. The van der Waals surface area contributed by atoms with Crippen molar-refractivity contribution in [1.29, 1.82) is 0 Å². The van der Waals surface area contributed by atoms with E-state index < -0.39 is 17.8 Å². The van der Waals surface area contributed by atoms with Gasteiger partial charge < -0.3 is 15.3 Å². The number of urea groups is 1. The third kappa shape index (κ3) is 6.57. The lowest BCUT2D eigenvalue weighted by molar-refractivity contribution is -0.112. The third-order valence-electron chi connectivity index (χ3n) is 5.91. The molecular weight excluding hydrogens is 507 g/mol. The predicted octanol–water partition coefficient (Wildman–Crippen LogP) is 5.53. The van der Waals surface area contributed by atoms with Crippen LogP contribution in [0.25, 0.3) is 0 Å². The van der Waals surface area contributed by atoms with Crippen molar-refractivity contribution in [1.82, 2.24) is 5.43 Å². The molecule has 0 radical (unpaired) electrons. The average Bonchev–Trinajstić information content (AvgIpc) is 3.16. The van der Waals surface area contributed by atoms with E-state index in [0.29, 0.717) is 12.1 Å². The van der Waals surface area contributed by atoms with E-state index in [0.717, 1.165) is 41.2 Å². The van der Waals surface area contributed by atoms with Gasteiger partial charge in [0.25, 0.3) is 5.91 Å². The van der Waals surface area contributed by atoms with E-state index in [4.69, 9.17) is 5.11 Å². The van der Waals surface area contributed by atoms with Crippen molar-refractivity contribution in [3.05, 3.63) is 89.2 Å². The highest BCUT2D eigenvalue weighted by Gasteiger charge is 2.34. The highest BCUT2D eigenvalue weighted by Crippen LogP contribution is 2.33. The first kappa shape index (κ1) is 26.9. The van der Waals surface area contributed by atoms with E-state index in [9.17, 15) is 18.8 Å². The maximum atomic E-state index is 13.4. The molecule has 0 atom stereocenters. The summed E-state index contributed by atoms with van der Waals surface area (Å²) in [6.07, 6.45) is 2.48. The van der Waals surface area contributed by atoms with Crippen LogP contribution >= 0.6 is 11.8 Å². The summed E-state index contributed by atoms with van der Waals surface area (Å²) in [6.45, 7) is 2.58. The molecule has 1 aliphatic rings. The van der Waals surface area contributed by atoms with Crippen molar-refractivity contribution in [3.63, 3.8) is 0 Å². The second-order valence-corrected chi connectivity index (χ2v) is 9.79. The number of amides is 3. The number of benzene rings is 3. The third-order valence-corrected chi connectivity index (χ3v) is 6.90. The molecule has 1 aliphatic heterocycles. The fourth-order valence-corrected chi connectivity index (χ4v) is 4.90. The molecule has 0 bridgehead atoms. The van der Waals surface area contributed by atoms with Crippen LogP contribution in [0.2, 0.25) is 0 Å². The number of hydrogen-bond donors (Lipinski definition) is 3. The van der Waals surface area contributed by atoms with Gasteiger partial charge >= 0.3 is 12.0 Å². The Labute approximate surface area is 223 Å². The molecule has 4 rings (SSSR count). The number of halogens is 1. The van der Waals surface area contributed by atoms with E-state index in [2.05, 4.69) is 15.8 Å². The standard InChI is InChI=1S/C28H27FN4O4S/c1-2-3-14-33-24-12-11-22(38-15-13-18-7-9-19(10-8-18)27(35)36)17-23(24)25(26(33)34)31-32-28(37)30-21-6-4-5-20(29)16-21/h4-12,16-17H,2-3,13-15H2,1H3,(H,35,36)(H2,30,32,37). The first-order chi connectivity index (χ1) is 18.4. The minimum atomic E-state index is -0.954. The maximum Gasteiger partial charge on any atom is 0.339 e. The van der Waals surface area contributed by atoms with Gasteiger partial charge in [0.15, 0.2) is 5.71 Å². The molecule has 38 heavy (non-hydrogen) atoms. The molecule has 10 heteroatoms. The van der Waals surface area contributed by atoms with Crippen molar-refractivity contribution >= 4 is 46.8 Å². The summed E-state index contributed by atoms with van der Waals surface area (Å²) in [6, 6.07) is 17.3. The molecule has 3 aromatic carbocycles. The van der Waals surface area contributed by atoms with Crippen LogP contribution in [0.1, 0.15) is 41.3 Å². The van der Waals surface area contributed by atoms with Crippen LogP contribution in [0.3, 0.4) is 0 Å². The number of carboxylic acids is 1. The van der Waals surface area contributed by atoms with E-state index in [-0.39, 0.29) is 22.9 Å². The molecule has 0 fully saturated rings. The Balaban J connectivity index is 1.47.